The summed E-state index contributed by atoms with van der Waals surface area (Å²) in [5, 5.41) is 6.10. The van der Waals surface area contributed by atoms with Crippen LogP contribution in [0, 0.1) is 5.41 Å². The fourth-order valence-corrected chi connectivity index (χ4v) is 3.60. The molecule has 0 aromatic heterocycles. The molecule has 4 heteroatoms. The number of likely N-dealkylation sites (tertiary alicyclic amines) is 1. The molecule has 1 fully saturated rings. The molecule has 0 spiro atoms. The number of hydrazone groups is 1. The van der Waals surface area contributed by atoms with Crippen LogP contribution >= 0.6 is 0 Å². The second-order valence-electron chi connectivity index (χ2n) is 7.46. The van der Waals surface area contributed by atoms with E-state index in [2.05, 4.69) is 42.9 Å². The molecule has 1 aromatic carbocycles. The number of hydrogen-bond donors (Lipinski definition) is 0. The number of nitrogens with zero attached hydrogens (tertiary/aromatic N) is 3. The SMILES string of the molecule is CN1N=C2CCN(C(C)(C)C)CC2(Cc2ccccc2)C1=O. The fourth-order valence-electron chi connectivity index (χ4n) is 3.60. The Kier molecular flexibility index (Phi) is 3.60. The van der Waals surface area contributed by atoms with Crippen LogP contribution < -0.4 is 0 Å². The molecule has 2 heterocycles. The Morgan fingerprint density at radius 1 is 1.23 bits per heavy atom. The molecule has 22 heavy (non-hydrogen) atoms. The number of hydrogen-bond acceptors (Lipinski definition) is 3. The Morgan fingerprint density at radius 3 is 2.55 bits per heavy atom. The standard InChI is InChI=1S/C18H25N3O/c1-17(2,3)21-11-10-15-18(13-21,16(22)20(4)19-15)12-14-8-6-5-7-9-14/h5-9H,10-13H2,1-4H3. The van der Waals surface area contributed by atoms with Crippen LogP contribution in [0.15, 0.2) is 35.4 Å². The Balaban J connectivity index is 1.97. The molecule has 1 unspecified atom stereocenters. The molecule has 1 atom stereocenters. The van der Waals surface area contributed by atoms with Crippen molar-refractivity contribution in [3.05, 3.63) is 35.9 Å². The Bertz CT molecular complexity index is 603. The lowest BCUT2D eigenvalue weighted by Crippen LogP contribution is -2.58. The minimum Gasteiger partial charge on any atom is -0.297 e. The van der Waals surface area contributed by atoms with Gasteiger partial charge >= 0.3 is 0 Å². The van der Waals surface area contributed by atoms with E-state index in [9.17, 15) is 4.79 Å². The van der Waals surface area contributed by atoms with Gasteiger partial charge in [-0.05, 0) is 32.8 Å². The smallest absolute Gasteiger partial charge is 0.256 e. The number of rotatable bonds is 2. The molecular weight excluding hydrogens is 274 g/mol. The minimum absolute atomic E-state index is 0.0661. The van der Waals surface area contributed by atoms with Crippen molar-refractivity contribution in [2.45, 2.75) is 39.2 Å². The van der Waals surface area contributed by atoms with Crippen LogP contribution in [0.4, 0.5) is 0 Å². The molecule has 1 amide bonds. The van der Waals surface area contributed by atoms with Gasteiger partial charge in [0.25, 0.3) is 5.91 Å². The van der Waals surface area contributed by atoms with E-state index in [-0.39, 0.29) is 11.4 Å². The van der Waals surface area contributed by atoms with Crippen molar-refractivity contribution in [2.24, 2.45) is 10.5 Å². The topological polar surface area (TPSA) is 35.9 Å². The van der Waals surface area contributed by atoms with Crippen LogP contribution in [0.25, 0.3) is 0 Å². The van der Waals surface area contributed by atoms with Crippen molar-refractivity contribution in [1.82, 2.24) is 9.91 Å². The van der Waals surface area contributed by atoms with E-state index in [0.29, 0.717) is 0 Å². The van der Waals surface area contributed by atoms with Crippen molar-refractivity contribution < 1.29 is 4.79 Å². The van der Waals surface area contributed by atoms with E-state index < -0.39 is 5.41 Å². The average Bonchev–Trinajstić information content (AvgIpc) is 2.71. The van der Waals surface area contributed by atoms with Crippen molar-refractivity contribution in [1.29, 1.82) is 0 Å². The van der Waals surface area contributed by atoms with Crippen molar-refractivity contribution in [3.8, 4) is 0 Å². The Labute approximate surface area is 132 Å². The van der Waals surface area contributed by atoms with Crippen molar-refractivity contribution >= 4 is 11.6 Å². The molecule has 2 aliphatic rings. The molecule has 1 saturated heterocycles. The highest BCUT2D eigenvalue weighted by Gasteiger charge is 2.53. The van der Waals surface area contributed by atoms with Gasteiger partial charge in [0.2, 0.25) is 0 Å². The molecule has 0 N–H and O–H groups in total. The highest BCUT2D eigenvalue weighted by atomic mass is 16.2. The molecule has 0 bridgehead atoms. The van der Waals surface area contributed by atoms with Gasteiger partial charge in [-0.15, -0.1) is 0 Å². The molecule has 0 aliphatic carbocycles. The predicted molar refractivity (Wildman–Crippen MR) is 88.7 cm³/mol. The molecular formula is C18H25N3O. The molecule has 118 valence electrons. The van der Waals surface area contributed by atoms with Crippen LogP contribution in [-0.2, 0) is 11.2 Å². The lowest BCUT2D eigenvalue weighted by molar-refractivity contribution is -0.136. The first kappa shape index (κ1) is 15.2. The number of amides is 1. The highest BCUT2D eigenvalue weighted by Crippen LogP contribution is 2.39. The maximum Gasteiger partial charge on any atom is 0.256 e. The number of fused-ring (bicyclic) bond motifs is 1. The van der Waals surface area contributed by atoms with Gasteiger partial charge in [-0.3, -0.25) is 9.69 Å². The number of carbonyl (C=O) groups is 1. The summed E-state index contributed by atoms with van der Waals surface area (Å²) in [5.41, 5.74) is 1.84. The third-order valence-corrected chi connectivity index (χ3v) is 4.90. The summed E-state index contributed by atoms with van der Waals surface area (Å²) in [6.07, 6.45) is 1.61. The summed E-state index contributed by atoms with van der Waals surface area (Å²) in [7, 11) is 1.78. The zero-order chi connectivity index (χ0) is 16.0. The monoisotopic (exact) mass is 299 g/mol. The summed E-state index contributed by atoms with van der Waals surface area (Å²) in [5.74, 6) is 0.139. The lowest BCUT2D eigenvalue weighted by atomic mass is 9.72. The summed E-state index contributed by atoms with van der Waals surface area (Å²) in [4.78, 5) is 15.3. The third kappa shape index (κ3) is 2.45. The summed E-state index contributed by atoms with van der Waals surface area (Å²) < 4.78 is 0. The van der Waals surface area contributed by atoms with Gasteiger partial charge in [-0.1, -0.05) is 30.3 Å². The molecule has 0 saturated carbocycles. The first-order valence-corrected chi connectivity index (χ1v) is 7.98. The van der Waals surface area contributed by atoms with Gasteiger partial charge in [0, 0.05) is 32.1 Å². The van der Waals surface area contributed by atoms with E-state index in [1.54, 1.807) is 12.1 Å². The summed E-state index contributed by atoms with van der Waals surface area (Å²) >= 11 is 0. The van der Waals surface area contributed by atoms with E-state index in [4.69, 9.17) is 0 Å². The quantitative estimate of drug-likeness (QED) is 0.841. The van der Waals surface area contributed by atoms with Gasteiger partial charge in [0.15, 0.2) is 0 Å². The van der Waals surface area contributed by atoms with Crippen LogP contribution in [0.3, 0.4) is 0 Å². The largest absolute Gasteiger partial charge is 0.297 e. The molecule has 4 nitrogen and oxygen atoms in total. The zero-order valence-corrected chi connectivity index (χ0v) is 14.0. The maximum absolute atomic E-state index is 12.9. The van der Waals surface area contributed by atoms with Crippen LogP contribution in [0.5, 0.6) is 0 Å². The Morgan fingerprint density at radius 2 is 1.91 bits per heavy atom. The van der Waals surface area contributed by atoms with Crippen LogP contribution in [0.1, 0.15) is 32.8 Å². The van der Waals surface area contributed by atoms with Gasteiger partial charge in [0.1, 0.15) is 5.41 Å². The summed E-state index contributed by atoms with van der Waals surface area (Å²) in [6, 6.07) is 10.3. The highest BCUT2D eigenvalue weighted by molar-refractivity contribution is 6.13. The normalized spacial score (nSPS) is 26.1. The van der Waals surface area contributed by atoms with Gasteiger partial charge < -0.3 is 0 Å². The first-order chi connectivity index (χ1) is 10.3. The number of piperidine rings is 1. The van der Waals surface area contributed by atoms with E-state index in [1.165, 1.54) is 5.56 Å². The molecule has 0 radical (unpaired) electrons. The Hall–Kier alpha value is -1.68. The first-order valence-electron chi connectivity index (χ1n) is 7.98. The second kappa shape index (κ2) is 5.20. The molecule has 3 rings (SSSR count). The molecule has 2 aliphatic heterocycles. The van der Waals surface area contributed by atoms with Crippen LogP contribution in [-0.4, -0.2) is 47.2 Å². The van der Waals surface area contributed by atoms with E-state index in [1.807, 2.05) is 18.2 Å². The van der Waals surface area contributed by atoms with Gasteiger partial charge in [0.05, 0.1) is 5.71 Å². The third-order valence-electron chi connectivity index (χ3n) is 4.90. The molecule has 1 aromatic rings. The summed E-state index contributed by atoms with van der Waals surface area (Å²) in [6.45, 7) is 8.38. The lowest BCUT2D eigenvalue weighted by Gasteiger charge is -2.45. The number of benzene rings is 1. The number of carbonyl (C=O) groups excluding carboxylic acids is 1. The van der Waals surface area contributed by atoms with Crippen molar-refractivity contribution in [3.63, 3.8) is 0 Å². The van der Waals surface area contributed by atoms with E-state index in [0.717, 1.165) is 31.6 Å². The average molecular weight is 299 g/mol. The fraction of sp³-hybridized carbons (Fsp3) is 0.556. The predicted octanol–water partition coefficient (Wildman–Crippen LogP) is 2.55. The van der Waals surface area contributed by atoms with E-state index >= 15 is 0 Å². The second-order valence-corrected chi connectivity index (χ2v) is 7.46. The zero-order valence-electron chi connectivity index (χ0n) is 14.0. The van der Waals surface area contributed by atoms with Crippen molar-refractivity contribution in [2.75, 3.05) is 20.1 Å². The maximum atomic E-state index is 12.9. The van der Waals surface area contributed by atoms with Crippen LogP contribution in [0.2, 0.25) is 0 Å². The van der Waals surface area contributed by atoms with Gasteiger partial charge in [-0.2, -0.15) is 5.10 Å². The van der Waals surface area contributed by atoms with Gasteiger partial charge in [-0.25, -0.2) is 5.01 Å². The minimum atomic E-state index is -0.484.